The van der Waals surface area contributed by atoms with Crippen molar-refractivity contribution < 1.29 is 46.6 Å². The normalized spacial score (nSPS) is 27.1. The Balaban J connectivity index is 1.13. The molecule has 2 aliphatic heterocycles. The first-order valence-corrected chi connectivity index (χ1v) is 22.2. The predicted molar refractivity (Wildman–Crippen MR) is 211 cm³/mol. The molecule has 4 amide bonds. The molecular weight excluding hydrogens is 805 g/mol. The molecule has 18 nitrogen and oxygen atoms in total. The minimum atomic E-state index is -3.94. The number of carbonyl (C=O) groups is 5. The van der Waals surface area contributed by atoms with Crippen molar-refractivity contribution in [2.24, 2.45) is 5.92 Å². The van der Waals surface area contributed by atoms with Crippen molar-refractivity contribution in [2.45, 2.75) is 105 Å². The second-order valence-electron chi connectivity index (χ2n) is 15.8. The van der Waals surface area contributed by atoms with Gasteiger partial charge in [0.2, 0.25) is 27.4 Å². The van der Waals surface area contributed by atoms with Gasteiger partial charge in [-0.25, -0.2) is 23.0 Å². The van der Waals surface area contributed by atoms with E-state index in [2.05, 4.69) is 20.3 Å². The second-order valence-corrected chi connectivity index (χ2v) is 18.6. The Morgan fingerprint density at radius 1 is 1.00 bits per heavy atom. The first-order chi connectivity index (χ1) is 28.4. The molecule has 5 atom stereocenters. The summed E-state index contributed by atoms with van der Waals surface area (Å²) < 4.78 is 43.8. The lowest BCUT2D eigenvalue weighted by Crippen LogP contribution is -2.58. The summed E-state index contributed by atoms with van der Waals surface area (Å²) in [6.07, 6.45) is 8.93. The number of amides is 4. The lowest BCUT2D eigenvalue weighted by molar-refractivity contribution is -0.153. The highest BCUT2D eigenvalue weighted by Gasteiger charge is 2.62. The zero-order chi connectivity index (χ0) is 41.5. The summed E-state index contributed by atoms with van der Waals surface area (Å²) in [7, 11) is -1.16. The van der Waals surface area contributed by atoms with E-state index in [9.17, 15) is 32.4 Å². The molecule has 0 spiro atoms. The van der Waals surface area contributed by atoms with Crippen molar-refractivity contribution in [2.75, 3.05) is 20.8 Å². The molecule has 8 rings (SSSR count). The zero-order valence-corrected chi connectivity index (χ0v) is 34.3. The number of benzene rings is 1. The number of allylic oxidation sites excluding steroid dienone is 1. The lowest BCUT2D eigenvalue weighted by Gasteiger charge is -2.30. The Bertz CT molecular complexity index is 2250. The SMILES string of the molecule is COC(=O)C1(OC(=O)N[C@@H]2CCCCC/C=C/[C@@H]3C[C@@]3(C(=O)NS(=O)(=O)C3CC3)NC(=O)[C@@H]3C[C@@H](n4nc(-c5ccc(OC)cc5)c(-c5nccs5)n4)CN3C2=O)CC1. The highest BCUT2D eigenvalue weighted by molar-refractivity contribution is 7.91. The van der Waals surface area contributed by atoms with E-state index >= 15 is 0 Å². The summed E-state index contributed by atoms with van der Waals surface area (Å²) in [6, 6.07) is 4.29. The number of aromatic nitrogens is 4. The number of methoxy groups -OCH3 is 2. The number of thiazole rings is 1. The Morgan fingerprint density at radius 3 is 2.44 bits per heavy atom. The van der Waals surface area contributed by atoms with E-state index in [1.165, 1.54) is 28.1 Å². The number of hydrogen-bond acceptors (Lipinski definition) is 14. The first-order valence-electron chi connectivity index (χ1n) is 19.8. The maximum Gasteiger partial charge on any atom is 0.408 e. The van der Waals surface area contributed by atoms with Gasteiger partial charge in [-0.2, -0.15) is 9.90 Å². The molecule has 3 N–H and O–H groups in total. The van der Waals surface area contributed by atoms with Crippen LogP contribution in [0.5, 0.6) is 5.75 Å². The molecule has 4 fully saturated rings. The van der Waals surface area contributed by atoms with Gasteiger partial charge in [-0.3, -0.25) is 19.1 Å². The third-order valence-corrected chi connectivity index (χ3v) is 14.3. The van der Waals surface area contributed by atoms with Crippen molar-refractivity contribution >= 4 is 51.1 Å². The quantitative estimate of drug-likeness (QED) is 0.197. The van der Waals surface area contributed by atoms with Gasteiger partial charge in [-0.15, -0.1) is 16.4 Å². The molecule has 3 aromatic rings. The molecule has 2 aromatic heterocycles. The third-order valence-electron chi connectivity index (χ3n) is 11.7. The minimum Gasteiger partial charge on any atom is -0.497 e. The van der Waals surface area contributed by atoms with Crippen molar-refractivity contribution in [1.82, 2.24) is 40.2 Å². The van der Waals surface area contributed by atoms with Crippen LogP contribution in [0, 0.1) is 5.92 Å². The van der Waals surface area contributed by atoms with Gasteiger partial charge in [0.25, 0.3) is 5.91 Å². The van der Waals surface area contributed by atoms with Gasteiger partial charge >= 0.3 is 12.1 Å². The number of nitrogens with one attached hydrogen (secondary N) is 3. The van der Waals surface area contributed by atoms with Gasteiger partial charge in [0, 0.05) is 48.9 Å². The van der Waals surface area contributed by atoms with E-state index in [1.54, 1.807) is 25.4 Å². The van der Waals surface area contributed by atoms with E-state index in [0.29, 0.717) is 54.2 Å². The predicted octanol–water partition coefficient (Wildman–Crippen LogP) is 3.02. The van der Waals surface area contributed by atoms with Crippen LogP contribution in [0.3, 0.4) is 0 Å². The van der Waals surface area contributed by atoms with Crippen LogP contribution in [0.4, 0.5) is 4.79 Å². The Labute approximate surface area is 344 Å². The summed E-state index contributed by atoms with van der Waals surface area (Å²) >= 11 is 1.37. The Hall–Kier alpha value is -5.37. The average molecular weight is 851 g/mol. The zero-order valence-electron chi connectivity index (χ0n) is 32.6. The number of fused-ring (bicyclic) bond motifs is 2. The molecule has 1 saturated heterocycles. The standard InChI is InChI=1S/C39H46N8O10S2/c1-55-26-12-10-23(11-13-26)30-31(33-40-18-19-58-33)44-47(43-30)25-20-29-32(48)42-39(35(50)45-59(53,54)27-14-15-27)21-24(39)8-6-4-3-5-7-9-28(34(49)46(29)22-25)41-37(52)57-38(16-17-38)36(51)56-2/h6,8,10-13,18-19,24-25,27-29H,3-5,7,9,14-17,20-22H2,1-2H3,(H,41,52)(H,42,48)(H,45,50)/b8-6+/t24-,25-,28-,29+,39-/m1/s1. The fourth-order valence-corrected chi connectivity index (χ4v) is 9.84. The lowest BCUT2D eigenvalue weighted by atomic mass is 10.0. The number of rotatable bonds is 10. The van der Waals surface area contributed by atoms with Crippen LogP contribution in [0.1, 0.15) is 76.7 Å². The van der Waals surface area contributed by atoms with Gasteiger partial charge in [0.15, 0.2) is 0 Å². The summed E-state index contributed by atoms with van der Waals surface area (Å²) in [4.78, 5) is 76.2. The number of carbonyl (C=O) groups excluding carboxylic acids is 5. The van der Waals surface area contributed by atoms with Crippen LogP contribution in [0.15, 0.2) is 48.0 Å². The van der Waals surface area contributed by atoms with Gasteiger partial charge < -0.3 is 29.7 Å². The fraction of sp³-hybridized carbons (Fsp3) is 0.538. The summed E-state index contributed by atoms with van der Waals surface area (Å²) in [5.41, 5.74) is -1.23. The smallest absolute Gasteiger partial charge is 0.408 e. The van der Waals surface area contributed by atoms with E-state index < -0.39 is 80.2 Å². The number of esters is 1. The highest BCUT2D eigenvalue weighted by atomic mass is 32.2. The van der Waals surface area contributed by atoms with Crippen LogP contribution >= 0.6 is 11.3 Å². The summed E-state index contributed by atoms with van der Waals surface area (Å²) in [5.74, 6) is -2.58. The maximum atomic E-state index is 14.8. The number of nitrogens with zero attached hydrogens (tertiary/aromatic N) is 5. The minimum absolute atomic E-state index is 0.0206. The molecule has 5 aliphatic rings. The van der Waals surface area contributed by atoms with Gasteiger partial charge in [0.05, 0.1) is 25.5 Å². The summed E-state index contributed by atoms with van der Waals surface area (Å²) in [5, 5.41) is 17.1. The highest BCUT2D eigenvalue weighted by Crippen LogP contribution is 2.46. The monoisotopic (exact) mass is 850 g/mol. The molecule has 4 heterocycles. The molecule has 1 aromatic carbocycles. The average Bonchev–Trinajstić information content (AvgIpc) is 4.18. The largest absolute Gasteiger partial charge is 0.497 e. The molecule has 0 bridgehead atoms. The molecule has 0 radical (unpaired) electrons. The maximum absolute atomic E-state index is 14.8. The number of ether oxygens (including phenoxy) is 3. The van der Waals surface area contributed by atoms with Crippen molar-refractivity contribution in [1.29, 1.82) is 0 Å². The molecular formula is C39H46N8O10S2. The topological polar surface area (TPSA) is 230 Å². The van der Waals surface area contributed by atoms with E-state index in [4.69, 9.17) is 24.4 Å². The van der Waals surface area contributed by atoms with Crippen LogP contribution in [0.25, 0.3) is 22.0 Å². The van der Waals surface area contributed by atoms with E-state index in [0.717, 1.165) is 12.0 Å². The third kappa shape index (κ3) is 8.28. The van der Waals surface area contributed by atoms with Crippen molar-refractivity contribution in [3.8, 4) is 27.7 Å². The Kier molecular flexibility index (Phi) is 11.0. The first kappa shape index (κ1) is 40.4. The van der Waals surface area contributed by atoms with Crippen molar-refractivity contribution in [3.05, 3.63) is 48.0 Å². The Morgan fingerprint density at radius 2 is 1.76 bits per heavy atom. The molecule has 59 heavy (non-hydrogen) atoms. The second kappa shape index (κ2) is 16.0. The van der Waals surface area contributed by atoms with Crippen LogP contribution in [-0.4, -0.2) is 112 Å². The van der Waals surface area contributed by atoms with Gasteiger partial charge in [-0.1, -0.05) is 25.0 Å². The molecule has 314 valence electrons. The van der Waals surface area contributed by atoms with Gasteiger partial charge in [-0.05, 0) is 62.8 Å². The van der Waals surface area contributed by atoms with Crippen LogP contribution in [-0.2, 0) is 38.7 Å². The molecule has 20 heteroatoms. The van der Waals surface area contributed by atoms with Gasteiger partial charge in [0.1, 0.15) is 39.8 Å². The molecule has 3 aliphatic carbocycles. The van der Waals surface area contributed by atoms with E-state index in [1.807, 2.05) is 29.7 Å². The van der Waals surface area contributed by atoms with E-state index in [-0.39, 0.29) is 38.6 Å². The number of sulfonamides is 1. The number of alkyl carbamates (subject to hydrolysis) is 1. The summed E-state index contributed by atoms with van der Waals surface area (Å²) in [6.45, 7) is -0.0527. The van der Waals surface area contributed by atoms with Crippen molar-refractivity contribution in [3.63, 3.8) is 0 Å². The van der Waals surface area contributed by atoms with Crippen LogP contribution in [0.2, 0.25) is 0 Å². The van der Waals surface area contributed by atoms with Crippen LogP contribution < -0.4 is 20.1 Å². The number of hydrogen-bond donors (Lipinski definition) is 3. The molecule has 0 unspecified atom stereocenters. The molecule has 3 saturated carbocycles. The fourth-order valence-electron chi connectivity index (χ4n) is 7.86.